The molecule has 1 aliphatic heterocycles. The van der Waals surface area contributed by atoms with E-state index in [0.29, 0.717) is 5.95 Å². The highest BCUT2D eigenvalue weighted by Gasteiger charge is 2.23. The first-order chi connectivity index (χ1) is 8.33. The molecule has 88 valence electrons. The third kappa shape index (κ3) is 2.15. The summed E-state index contributed by atoms with van der Waals surface area (Å²) in [6.07, 6.45) is 0.969. The molecule has 1 amide bonds. The Morgan fingerprint density at radius 2 is 2.35 bits per heavy atom. The number of nitrogens with one attached hydrogen (secondary N) is 2. The molecule has 1 aromatic carbocycles. The second kappa shape index (κ2) is 4.41. The fourth-order valence-electron chi connectivity index (χ4n) is 1.97. The maximum absolute atomic E-state index is 11.9. The molecule has 0 aliphatic carbocycles. The number of benzene rings is 1. The fraction of sp³-hybridized carbons (Fsp3) is 0.333. The molecule has 2 N–H and O–H groups in total. The van der Waals surface area contributed by atoms with Crippen molar-refractivity contribution in [1.29, 1.82) is 0 Å². The zero-order valence-electron chi connectivity index (χ0n) is 9.27. The van der Waals surface area contributed by atoms with Crippen molar-refractivity contribution in [2.75, 3.05) is 16.8 Å². The van der Waals surface area contributed by atoms with Crippen molar-refractivity contribution in [3.63, 3.8) is 0 Å². The Morgan fingerprint density at radius 1 is 1.47 bits per heavy atom. The van der Waals surface area contributed by atoms with Crippen LogP contribution in [0.15, 0.2) is 24.3 Å². The number of H-pyrrole nitrogens is 1. The van der Waals surface area contributed by atoms with Gasteiger partial charge in [-0.2, -0.15) is 11.8 Å². The maximum Gasteiger partial charge on any atom is 0.230 e. The van der Waals surface area contributed by atoms with Gasteiger partial charge in [-0.05, 0) is 24.3 Å². The zero-order valence-corrected chi connectivity index (χ0v) is 10.1. The van der Waals surface area contributed by atoms with E-state index in [1.54, 1.807) is 0 Å². The van der Waals surface area contributed by atoms with E-state index >= 15 is 0 Å². The van der Waals surface area contributed by atoms with Crippen molar-refractivity contribution < 1.29 is 4.79 Å². The van der Waals surface area contributed by atoms with E-state index in [4.69, 9.17) is 0 Å². The maximum atomic E-state index is 11.9. The Bertz CT molecular complexity index is 512. The van der Waals surface area contributed by atoms with Gasteiger partial charge in [0.2, 0.25) is 11.9 Å². The quantitative estimate of drug-likeness (QED) is 0.855. The van der Waals surface area contributed by atoms with Gasteiger partial charge in [-0.3, -0.25) is 10.1 Å². The molecule has 0 spiro atoms. The van der Waals surface area contributed by atoms with Gasteiger partial charge in [0.05, 0.1) is 11.0 Å². The Balaban J connectivity index is 1.77. The average molecular weight is 247 g/mol. The Morgan fingerprint density at radius 3 is 3.12 bits per heavy atom. The smallest absolute Gasteiger partial charge is 0.230 e. The molecule has 2 heterocycles. The van der Waals surface area contributed by atoms with E-state index in [9.17, 15) is 4.79 Å². The van der Waals surface area contributed by atoms with Crippen molar-refractivity contribution in [3.8, 4) is 0 Å². The van der Waals surface area contributed by atoms with E-state index < -0.39 is 0 Å². The molecule has 1 saturated heterocycles. The predicted molar refractivity (Wildman–Crippen MR) is 70.2 cm³/mol. The molecule has 5 heteroatoms. The Labute approximate surface area is 103 Å². The van der Waals surface area contributed by atoms with Crippen molar-refractivity contribution in [2.45, 2.75) is 6.42 Å². The Kier molecular flexibility index (Phi) is 2.76. The second-order valence-corrected chi connectivity index (χ2v) is 5.30. The lowest BCUT2D eigenvalue weighted by molar-refractivity contribution is -0.119. The minimum absolute atomic E-state index is 0.0778. The molecular formula is C12H13N3OS. The van der Waals surface area contributed by atoms with Gasteiger partial charge in [-0.1, -0.05) is 12.1 Å². The zero-order chi connectivity index (χ0) is 11.7. The van der Waals surface area contributed by atoms with Crippen LogP contribution in [0.25, 0.3) is 11.0 Å². The van der Waals surface area contributed by atoms with Crippen LogP contribution in [-0.2, 0) is 4.79 Å². The number of carbonyl (C=O) groups is 1. The molecule has 17 heavy (non-hydrogen) atoms. The number of imidazole rings is 1. The number of fused-ring (bicyclic) bond motifs is 1. The van der Waals surface area contributed by atoms with Gasteiger partial charge in [0.15, 0.2) is 0 Å². The molecule has 2 aromatic rings. The predicted octanol–water partition coefficient (Wildman–Crippen LogP) is 2.25. The number of aromatic nitrogens is 2. The first kappa shape index (κ1) is 10.7. The lowest BCUT2D eigenvalue weighted by Gasteiger charge is -2.06. The van der Waals surface area contributed by atoms with Crippen LogP contribution >= 0.6 is 11.8 Å². The molecule has 1 atom stereocenters. The van der Waals surface area contributed by atoms with Gasteiger partial charge in [0.25, 0.3) is 0 Å². The molecule has 1 fully saturated rings. The third-order valence-corrected chi connectivity index (χ3v) is 4.09. The molecule has 1 aromatic heterocycles. The van der Waals surface area contributed by atoms with Crippen molar-refractivity contribution in [1.82, 2.24) is 9.97 Å². The van der Waals surface area contributed by atoms with Crippen LogP contribution < -0.4 is 5.32 Å². The summed E-state index contributed by atoms with van der Waals surface area (Å²) in [7, 11) is 0. The highest BCUT2D eigenvalue weighted by atomic mass is 32.2. The van der Waals surface area contributed by atoms with Crippen LogP contribution in [0.2, 0.25) is 0 Å². The van der Waals surface area contributed by atoms with Gasteiger partial charge >= 0.3 is 0 Å². The molecule has 1 unspecified atom stereocenters. The first-order valence-corrected chi connectivity index (χ1v) is 6.82. The summed E-state index contributed by atoms with van der Waals surface area (Å²) in [5, 5.41) is 2.85. The van der Waals surface area contributed by atoms with Crippen LogP contribution in [0.4, 0.5) is 5.95 Å². The van der Waals surface area contributed by atoms with E-state index in [-0.39, 0.29) is 11.8 Å². The summed E-state index contributed by atoms with van der Waals surface area (Å²) >= 11 is 1.83. The standard InChI is InChI=1S/C12H13N3OS/c16-11(8-5-6-17-7-8)15-12-13-9-3-1-2-4-10(9)14-12/h1-4,8H,5-7H2,(H2,13,14,15,16). The number of hydrogen-bond acceptors (Lipinski definition) is 3. The molecule has 4 nitrogen and oxygen atoms in total. The fourth-order valence-corrected chi connectivity index (χ4v) is 3.19. The van der Waals surface area contributed by atoms with Gasteiger partial charge in [0, 0.05) is 11.7 Å². The van der Waals surface area contributed by atoms with Gasteiger partial charge in [-0.25, -0.2) is 4.98 Å². The molecule has 3 rings (SSSR count). The Hall–Kier alpha value is -1.49. The average Bonchev–Trinajstić information content (AvgIpc) is 2.97. The third-order valence-electron chi connectivity index (χ3n) is 2.93. The largest absolute Gasteiger partial charge is 0.324 e. The topological polar surface area (TPSA) is 57.8 Å². The number of amides is 1. The number of para-hydroxylation sites is 2. The number of hydrogen-bond donors (Lipinski definition) is 2. The number of carbonyl (C=O) groups excluding carboxylic acids is 1. The molecule has 0 radical (unpaired) electrons. The lowest BCUT2D eigenvalue weighted by atomic mass is 10.1. The molecule has 0 bridgehead atoms. The summed E-state index contributed by atoms with van der Waals surface area (Å²) in [5.41, 5.74) is 1.83. The van der Waals surface area contributed by atoms with Crippen molar-refractivity contribution in [3.05, 3.63) is 24.3 Å². The van der Waals surface area contributed by atoms with Crippen LogP contribution in [-0.4, -0.2) is 27.4 Å². The minimum atomic E-state index is 0.0778. The highest BCUT2D eigenvalue weighted by Crippen LogP contribution is 2.24. The monoisotopic (exact) mass is 247 g/mol. The number of anilines is 1. The van der Waals surface area contributed by atoms with E-state index in [2.05, 4.69) is 15.3 Å². The van der Waals surface area contributed by atoms with Crippen molar-refractivity contribution >= 4 is 34.7 Å². The van der Waals surface area contributed by atoms with E-state index in [1.165, 1.54) is 0 Å². The van der Waals surface area contributed by atoms with Crippen LogP contribution in [0.1, 0.15) is 6.42 Å². The number of aromatic amines is 1. The first-order valence-electron chi connectivity index (χ1n) is 5.66. The minimum Gasteiger partial charge on any atom is -0.324 e. The normalized spacial score (nSPS) is 19.6. The van der Waals surface area contributed by atoms with Crippen LogP contribution in [0, 0.1) is 5.92 Å². The summed E-state index contributed by atoms with van der Waals surface area (Å²) < 4.78 is 0. The second-order valence-electron chi connectivity index (χ2n) is 4.15. The number of rotatable bonds is 2. The lowest BCUT2D eigenvalue weighted by Crippen LogP contribution is -2.22. The summed E-state index contributed by atoms with van der Waals surface area (Å²) in [6.45, 7) is 0. The molecule has 1 aliphatic rings. The summed E-state index contributed by atoms with van der Waals surface area (Å²) in [6, 6.07) is 7.75. The van der Waals surface area contributed by atoms with E-state index in [1.807, 2.05) is 36.0 Å². The van der Waals surface area contributed by atoms with E-state index in [0.717, 1.165) is 29.0 Å². The number of nitrogens with zero attached hydrogens (tertiary/aromatic N) is 1. The SMILES string of the molecule is O=C(Nc1nc2ccccc2[nH]1)C1CCSC1. The summed E-state index contributed by atoms with van der Waals surface area (Å²) in [4.78, 5) is 19.3. The van der Waals surface area contributed by atoms with Crippen LogP contribution in [0.5, 0.6) is 0 Å². The van der Waals surface area contributed by atoms with Crippen LogP contribution in [0.3, 0.4) is 0 Å². The number of thioether (sulfide) groups is 1. The van der Waals surface area contributed by atoms with Gasteiger partial charge in [0.1, 0.15) is 0 Å². The highest BCUT2D eigenvalue weighted by molar-refractivity contribution is 7.99. The molecular weight excluding hydrogens is 234 g/mol. The van der Waals surface area contributed by atoms with Gasteiger partial charge < -0.3 is 4.98 Å². The molecule has 0 saturated carbocycles. The van der Waals surface area contributed by atoms with Gasteiger partial charge in [-0.15, -0.1) is 0 Å². The summed E-state index contributed by atoms with van der Waals surface area (Å²) in [5.74, 6) is 2.76. The van der Waals surface area contributed by atoms with Crippen molar-refractivity contribution in [2.24, 2.45) is 5.92 Å².